The number of fused-ring (bicyclic) bond motifs is 1. The van der Waals surface area contributed by atoms with E-state index < -0.39 is 11.4 Å². The molecule has 4 nitrogen and oxygen atoms in total. The number of benzene rings is 1. The Bertz CT molecular complexity index is 537. The third-order valence-corrected chi connectivity index (χ3v) is 4.66. The van der Waals surface area contributed by atoms with E-state index in [0.717, 1.165) is 30.1 Å². The van der Waals surface area contributed by atoms with E-state index in [-0.39, 0.29) is 11.0 Å². The Hall–Kier alpha value is -1.20. The standard InChI is InChI=1S/C16H23NO3S/c1-11(17-21(18)16(3,4)5)6-7-13-8-9-14-15(10-13)20-12(2)19-14/h8-10,12H,6-7H2,1-5H3/b17-11+/t12?,21-/m1/s1. The minimum absolute atomic E-state index is 0.215. The van der Waals surface area contributed by atoms with E-state index in [1.807, 2.05) is 52.8 Å². The van der Waals surface area contributed by atoms with Gasteiger partial charge in [0.15, 0.2) is 11.5 Å². The highest BCUT2D eigenvalue weighted by Gasteiger charge is 2.26. The summed E-state index contributed by atoms with van der Waals surface area (Å²) in [6.07, 6.45) is 1.42. The molecule has 0 amide bonds. The summed E-state index contributed by atoms with van der Waals surface area (Å²) in [4.78, 5) is 0. The fourth-order valence-corrected chi connectivity index (χ4v) is 2.58. The number of aryl methyl sites for hydroxylation is 1. The van der Waals surface area contributed by atoms with Crippen molar-refractivity contribution in [2.75, 3.05) is 0 Å². The maximum absolute atomic E-state index is 12.0. The Morgan fingerprint density at radius 2 is 1.95 bits per heavy atom. The number of hydrogen-bond donors (Lipinski definition) is 0. The number of rotatable bonds is 4. The average molecular weight is 309 g/mol. The van der Waals surface area contributed by atoms with Crippen molar-refractivity contribution in [1.29, 1.82) is 0 Å². The van der Waals surface area contributed by atoms with E-state index in [9.17, 15) is 4.55 Å². The van der Waals surface area contributed by atoms with E-state index in [1.54, 1.807) is 0 Å². The maximum atomic E-state index is 12.0. The summed E-state index contributed by atoms with van der Waals surface area (Å²) in [7, 11) is 0. The molecule has 0 radical (unpaired) electrons. The summed E-state index contributed by atoms with van der Waals surface area (Å²) in [6.45, 7) is 9.59. The molecule has 1 aliphatic heterocycles. The Morgan fingerprint density at radius 1 is 1.29 bits per heavy atom. The van der Waals surface area contributed by atoms with Crippen molar-refractivity contribution < 1.29 is 14.0 Å². The molecule has 0 aliphatic carbocycles. The van der Waals surface area contributed by atoms with Gasteiger partial charge in [-0.05, 0) is 58.2 Å². The average Bonchev–Trinajstić information content (AvgIpc) is 2.74. The highest BCUT2D eigenvalue weighted by atomic mass is 32.2. The van der Waals surface area contributed by atoms with Crippen molar-refractivity contribution in [3.63, 3.8) is 0 Å². The van der Waals surface area contributed by atoms with Crippen molar-refractivity contribution in [2.45, 2.75) is 58.5 Å². The zero-order chi connectivity index (χ0) is 15.6. The molecule has 1 aliphatic rings. The molecule has 0 bridgehead atoms. The minimum atomic E-state index is -1.19. The largest absolute Gasteiger partial charge is 0.591 e. The zero-order valence-electron chi connectivity index (χ0n) is 13.3. The molecular formula is C16H23NO3S. The van der Waals surface area contributed by atoms with Crippen LogP contribution in [0.3, 0.4) is 0 Å². The van der Waals surface area contributed by atoms with Crippen LogP contribution in [0.1, 0.15) is 46.6 Å². The minimum Gasteiger partial charge on any atom is -0.591 e. The van der Waals surface area contributed by atoms with Crippen molar-refractivity contribution in [1.82, 2.24) is 0 Å². The normalized spacial score (nSPS) is 19.7. The Morgan fingerprint density at radius 3 is 2.62 bits per heavy atom. The summed E-state index contributed by atoms with van der Waals surface area (Å²) in [6, 6.07) is 5.98. The summed E-state index contributed by atoms with van der Waals surface area (Å²) in [5.74, 6) is 1.60. The van der Waals surface area contributed by atoms with E-state index in [0.29, 0.717) is 0 Å². The van der Waals surface area contributed by atoms with Crippen molar-refractivity contribution >= 4 is 17.1 Å². The lowest BCUT2D eigenvalue weighted by atomic mass is 10.1. The second kappa shape index (κ2) is 6.28. The second-order valence-electron chi connectivity index (χ2n) is 6.27. The van der Waals surface area contributed by atoms with Gasteiger partial charge in [-0.25, -0.2) is 0 Å². The first-order valence-electron chi connectivity index (χ1n) is 7.18. The first-order valence-corrected chi connectivity index (χ1v) is 8.29. The van der Waals surface area contributed by atoms with Crippen LogP contribution in [0.25, 0.3) is 0 Å². The molecule has 1 aromatic rings. The van der Waals surface area contributed by atoms with Crippen LogP contribution in [0.5, 0.6) is 11.5 Å². The van der Waals surface area contributed by atoms with Crippen molar-refractivity contribution in [3.05, 3.63) is 23.8 Å². The van der Waals surface area contributed by atoms with Gasteiger partial charge in [0.2, 0.25) is 6.29 Å². The van der Waals surface area contributed by atoms with E-state index >= 15 is 0 Å². The summed E-state index contributed by atoms with van der Waals surface area (Å²) < 4.78 is 27.0. The molecule has 0 fully saturated rings. The topological polar surface area (TPSA) is 53.9 Å². The molecule has 1 heterocycles. The first-order chi connectivity index (χ1) is 9.75. The maximum Gasteiger partial charge on any atom is 0.238 e. The van der Waals surface area contributed by atoms with Gasteiger partial charge in [-0.2, -0.15) is 0 Å². The van der Waals surface area contributed by atoms with Gasteiger partial charge in [0.1, 0.15) is 16.1 Å². The molecule has 0 saturated heterocycles. The fourth-order valence-electron chi connectivity index (χ4n) is 1.93. The van der Waals surface area contributed by atoms with Gasteiger partial charge in [0.05, 0.1) is 5.71 Å². The molecule has 5 heteroatoms. The SMILES string of the molecule is C/C(CCc1ccc2c(c1)OC(C)O2)=N\[S@+]([O-])C(C)(C)C. The van der Waals surface area contributed by atoms with E-state index in [2.05, 4.69) is 4.40 Å². The fraction of sp³-hybridized carbons (Fsp3) is 0.562. The van der Waals surface area contributed by atoms with Gasteiger partial charge in [0.25, 0.3) is 0 Å². The van der Waals surface area contributed by atoms with Gasteiger partial charge < -0.3 is 14.0 Å². The molecule has 0 aromatic heterocycles. The number of hydrogen-bond acceptors (Lipinski definition) is 4. The van der Waals surface area contributed by atoms with Crippen molar-refractivity contribution in [2.24, 2.45) is 4.40 Å². The Labute approximate surface area is 129 Å². The molecule has 1 aromatic carbocycles. The van der Waals surface area contributed by atoms with Gasteiger partial charge in [-0.15, -0.1) is 0 Å². The Kier molecular flexibility index (Phi) is 4.84. The van der Waals surface area contributed by atoms with E-state index in [1.165, 1.54) is 5.56 Å². The number of ether oxygens (including phenoxy) is 2. The van der Waals surface area contributed by atoms with Crippen LogP contribution < -0.4 is 9.47 Å². The predicted octanol–water partition coefficient (Wildman–Crippen LogP) is 3.66. The van der Waals surface area contributed by atoms with Crippen LogP contribution in [0.15, 0.2) is 22.6 Å². The quantitative estimate of drug-likeness (QED) is 0.630. The smallest absolute Gasteiger partial charge is 0.238 e. The van der Waals surface area contributed by atoms with Gasteiger partial charge in [0, 0.05) is 6.92 Å². The molecule has 2 atom stereocenters. The third-order valence-electron chi connectivity index (χ3n) is 3.13. The van der Waals surface area contributed by atoms with Crippen LogP contribution in [-0.4, -0.2) is 21.3 Å². The van der Waals surface area contributed by atoms with Gasteiger partial charge in [-0.3, -0.25) is 0 Å². The van der Waals surface area contributed by atoms with Crippen LogP contribution in [0.2, 0.25) is 0 Å². The van der Waals surface area contributed by atoms with Crippen LogP contribution in [-0.2, 0) is 17.8 Å². The summed E-state index contributed by atoms with van der Waals surface area (Å²) in [5, 5.41) is 0. The van der Waals surface area contributed by atoms with Crippen LogP contribution in [0, 0.1) is 0 Å². The molecule has 0 saturated carbocycles. The first kappa shape index (κ1) is 16.2. The third kappa shape index (κ3) is 4.38. The summed E-state index contributed by atoms with van der Waals surface area (Å²) >= 11 is -1.19. The monoisotopic (exact) mass is 309 g/mol. The molecular weight excluding hydrogens is 286 g/mol. The highest BCUT2D eigenvalue weighted by molar-refractivity contribution is 7.91. The van der Waals surface area contributed by atoms with E-state index in [4.69, 9.17) is 9.47 Å². The summed E-state index contributed by atoms with van der Waals surface area (Å²) in [5.41, 5.74) is 2.08. The van der Waals surface area contributed by atoms with Crippen molar-refractivity contribution in [3.8, 4) is 11.5 Å². The molecule has 21 heavy (non-hydrogen) atoms. The van der Waals surface area contributed by atoms with Crippen LogP contribution in [0.4, 0.5) is 0 Å². The van der Waals surface area contributed by atoms with Crippen LogP contribution >= 0.6 is 0 Å². The second-order valence-corrected chi connectivity index (χ2v) is 8.18. The highest BCUT2D eigenvalue weighted by Crippen LogP contribution is 2.35. The lowest BCUT2D eigenvalue weighted by Gasteiger charge is -2.18. The van der Waals surface area contributed by atoms with Gasteiger partial charge in [-0.1, -0.05) is 10.5 Å². The molecule has 0 spiro atoms. The molecule has 2 rings (SSSR count). The number of nitrogens with zero attached hydrogens (tertiary/aromatic N) is 1. The molecule has 116 valence electrons. The Balaban J connectivity index is 1.95. The predicted molar refractivity (Wildman–Crippen MR) is 86.5 cm³/mol. The lowest BCUT2D eigenvalue weighted by Crippen LogP contribution is -2.26. The zero-order valence-corrected chi connectivity index (χ0v) is 14.1. The lowest BCUT2D eigenvalue weighted by molar-refractivity contribution is 0.0678. The molecule has 0 N–H and O–H groups in total. The molecule has 1 unspecified atom stereocenters. The van der Waals surface area contributed by atoms with Gasteiger partial charge >= 0.3 is 0 Å².